The summed E-state index contributed by atoms with van der Waals surface area (Å²) in [5.74, 6) is 2.96. The van der Waals surface area contributed by atoms with Gasteiger partial charge in [-0.3, -0.25) is 0 Å². The zero-order chi connectivity index (χ0) is 13.9. The van der Waals surface area contributed by atoms with Crippen molar-refractivity contribution >= 4 is 34.4 Å². The zero-order valence-corrected chi connectivity index (χ0v) is 12.8. The normalized spacial score (nSPS) is 19.3. The minimum atomic E-state index is 0.653. The quantitative estimate of drug-likeness (QED) is 0.940. The number of hydrogen-bond acceptors (Lipinski definition) is 5. The fraction of sp³-hybridized carbons (Fsp3) is 0.467. The van der Waals surface area contributed by atoms with Crippen LogP contribution in [0.25, 0.3) is 10.9 Å². The van der Waals surface area contributed by atoms with E-state index in [2.05, 4.69) is 47.2 Å². The Hall–Kier alpha value is -1.49. The first kappa shape index (κ1) is 13.5. The number of benzene rings is 1. The Kier molecular flexibility index (Phi) is 3.96. The highest BCUT2D eigenvalue weighted by molar-refractivity contribution is 8.00. The van der Waals surface area contributed by atoms with Crippen LogP contribution in [-0.2, 0) is 0 Å². The maximum atomic E-state index is 4.74. The third-order valence-corrected chi connectivity index (χ3v) is 4.59. The molecule has 1 N–H and O–H groups in total. The summed E-state index contributed by atoms with van der Waals surface area (Å²) in [5.41, 5.74) is 1.01. The lowest BCUT2D eigenvalue weighted by atomic mass is 10.2. The van der Waals surface area contributed by atoms with Gasteiger partial charge in [0.15, 0.2) is 0 Å². The topological polar surface area (TPSA) is 41.1 Å². The van der Waals surface area contributed by atoms with Gasteiger partial charge in [-0.2, -0.15) is 16.7 Å². The van der Waals surface area contributed by atoms with Crippen molar-refractivity contribution < 1.29 is 0 Å². The van der Waals surface area contributed by atoms with Crippen molar-refractivity contribution in [3.8, 4) is 0 Å². The summed E-state index contributed by atoms with van der Waals surface area (Å²) in [6.45, 7) is 7.30. The Balaban J connectivity index is 2.06. The van der Waals surface area contributed by atoms with Crippen molar-refractivity contribution in [3.05, 3.63) is 24.3 Å². The lowest BCUT2D eigenvalue weighted by Gasteiger charge is -2.32. The summed E-state index contributed by atoms with van der Waals surface area (Å²) in [6.07, 6.45) is 0. The van der Waals surface area contributed by atoms with Gasteiger partial charge in [0.2, 0.25) is 5.95 Å². The van der Waals surface area contributed by atoms with E-state index in [4.69, 9.17) is 4.98 Å². The van der Waals surface area contributed by atoms with Gasteiger partial charge in [0, 0.05) is 36.0 Å². The number of aromatic nitrogens is 2. The SMILES string of the molecule is CCNc1nc(N2CCSC(C)C2)c2ccccc2n1. The molecule has 106 valence electrons. The number of fused-ring (bicyclic) bond motifs is 1. The second-order valence-electron chi connectivity index (χ2n) is 5.05. The van der Waals surface area contributed by atoms with Crippen LogP contribution >= 0.6 is 11.8 Å². The monoisotopic (exact) mass is 288 g/mol. The number of anilines is 2. The number of para-hydroxylation sites is 1. The Bertz CT molecular complexity index is 601. The predicted octanol–water partition coefficient (Wildman–Crippen LogP) is 3.00. The molecule has 3 rings (SSSR count). The maximum Gasteiger partial charge on any atom is 0.225 e. The molecule has 1 aromatic carbocycles. The van der Waals surface area contributed by atoms with Gasteiger partial charge in [-0.15, -0.1) is 0 Å². The molecule has 2 aromatic rings. The standard InChI is InChI=1S/C15H20N4S/c1-3-16-15-17-13-7-5-4-6-12(13)14(18-15)19-8-9-20-11(2)10-19/h4-7,11H,3,8-10H2,1-2H3,(H,16,17,18). The van der Waals surface area contributed by atoms with Crippen molar-refractivity contribution in [3.63, 3.8) is 0 Å². The molecule has 1 unspecified atom stereocenters. The van der Waals surface area contributed by atoms with Crippen LogP contribution in [0.4, 0.5) is 11.8 Å². The van der Waals surface area contributed by atoms with E-state index in [9.17, 15) is 0 Å². The van der Waals surface area contributed by atoms with Crippen LogP contribution < -0.4 is 10.2 Å². The Morgan fingerprint density at radius 1 is 1.35 bits per heavy atom. The van der Waals surface area contributed by atoms with Crippen molar-refractivity contribution in [2.45, 2.75) is 19.1 Å². The first-order chi connectivity index (χ1) is 9.78. The van der Waals surface area contributed by atoms with Crippen molar-refractivity contribution in [1.29, 1.82) is 0 Å². The lowest BCUT2D eigenvalue weighted by molar-refractivity contribution is 0.773. The molecule has 0 amide bonds. The molecule has 1 fully saturated rings. The third-order valence-electron chi connectivity index (χ3n) is 3.46. The van der Waals surface area contributed by atoms with E-state index in [0.29, 0.717) is 5.25 Å². The molecule has 4 nitrogen and oxygen atoms in total. The number of nitrogens with zero attached hydrogens (tertiary/aromatic N) is 3. The molecule has 0 radical (unpaired) electrons. The van der Waals surface area contributed by atoms with Crippen LogP contribution in [0.1, 0.15) is 13.8 Å². The van der Waals surface area contributed by atoms with Gasteiger partial charge in [-0.25, -0.2) is 4.98 Å². The van der Waals surface area contributed by atoms with Crippen molar-refractivity contribution in [1.82, 2.24) is 9.97 Å². The summed E-state index contributed by atoms with van der Waals surface area (Å²) in [4.78, 5) is 11.7. The van der Waals surface area contributed by atoms with Gasteiger partial charge in [0.1, 0.15) is 5.82 Å². The number of rotatable bonds is 3. The van der Waals surface area contributed by atoms with Gasteiger partial charge in [0.25, 0.3) is 0 Å². The second-order valence-corrected chi connectivity index (χ2v) is 6.59. The lowest BCUT2D eigenvalue weighted by Crippen LogP contribution is -2.37. The molecule has 0 aliphatic carbocycles. The third kappa shape index (κ3) is 2.68. The molecule has 1 aromatic heterocycles. The van der Waals surface area contributed by atoms with Crippen LogP contribution in [0.15, 0.2) is 24.3 Å². The van der Waals surface area contributed by atoms with Crippen LogP contribution in [0, 0.1) is 0 Å². The molecular formula is C15H20N4S. The van der Waals surface area contributed by atoms with Gasteiger partial charge in [-0.1, -0.05) is 19.1 Å². The van der Waals surface area contributed by atoms with E-state index in [1.165, 1.54) is 0 Å². The number of thioether (sulfide) groups is 1. The summed E-state index contributed by atoms with van der Waals surface area (Å²) >= 11 is 2.04. The first-order valence-corrected chi connectivity index (χ1v) is 8.20. The fourth-order valence-corrected chi connectivity index (χ4v) is 3.56. The molecule has 1 saturated heterocycles. The molecule has 0 bridgehead atoms. The highest BCUT2D eigenvalue weighted by atomic mass is 32.2. The van der Waals surface area contributed by atoms with E-state index >= 15 is 0 Å². The van der Waals surface area contributed by atoms with Crippen LogP contribution in [0.3, 0.4) is 0 Å². The van der Waals surface area contributed by atoms with Crippen LogP contribution in [0.5, 0.6) is 0 Å². The van der Waals surface area contributed by atoms with E-state index < -0.39 is 0 Å². The minimum Gasteiger partial charge on any atom is -0.354 e. The summed E-state index contributed by atoms with van der Waals surface area (Å²) in [7, 11) is 0. The van der Waals surface area contributed by atoms with Gasteiger partial charge < -0.3 is 10.2 Å². The van der Waals surface area contributed by atoms with Crippen molar-refractivity contribution in [2.24, 2.45) is 0 Å². The highest BCUT2D eigenvalue weighted by Crippen LogP contribution is 2.29. The molecule has 2 heterocycles. The number of hydrogen-bond donors (Lipinski definition) is 1. The van der Waals surface area contributed by atoms with Crippen LogP contribution in [0.2, 0.25) is 0 Å². The van der Waals surface area contributed by atoms with E-state index in [1.54, 1.807) is 0 Å². The fourth-order valence-electron chi connectivity index (χ4n) is 2.55. The molecule has 0 spiro atoms. The molecule has 1 aliphatic heterocycles. The number of nitrogens with one attached hydrogen (secondary N) is 1. The van der Waals surface area contributed by atoms with Crippen LogP contribution in [-0.4, -0.2) is 40.6 Å². The Morgan fingerprint density at radius 3 is 3.00 bits per heavy atom. The molecule has 5 heteroatoms. The smallest absolute Gasteiger partial charge is 0.225 e. The highest BCUT2D eigenvalue weighted by Gasteiger charge is 2.20. The summed E-state index contributed by atoms with van der Waals surface area (Å²) in [5, 5.41) is 5.04. The summed E-state index contributed by atoms with van der Waals surface area (Å²) < 4.78 is 0. The van der Waals surface area contributed by atoms with E-state index in [1.807, 2.05) is 17.8 Å². The van der Waals surface area contributed by atoms with Gasteiger partial charge >= 0.3 is 0 Å². The molecular weight excluding hydrogens is 268 g/mol. The first-order valence-electron chi connectivity index (χ1n) is 7.15. The Labute approximate surface area is 124 Å². The van der Waals surface area contributed by atoms with Gasteiger partial charge in [0.05, 0.1) is 5.52 Å². The average molecular weight is 288 g/mol. The average Bonchev–Trinajstić information content (AvgIpc) is 2.47. The predicted molar refractivity (Wildman–Crippen MR) is 87.8 cm³/mol. The second kappa shape index (κ2) is 5.87. The summed E-state index contributed by atoms with van der Waals surface area (Å²) in [6, 6.07) is 8.27. The largest absolute Gasteiger partial charge is 0.354 e. The molecule has 1 atom stereocenters. The molecule has 20 heavy (non-hydrogen) atoms. The Morgan fingerprint density at radius 2 is 2.20 bits per heavy atom. The zero-order valence-electron chi connectivity index (χ0n) is 12.0. The minimum absolute atomic E-state index is 0.653. The van der Waals surface area contributed by atoms with E-state index in [-0.39, 0.29) is 0 Å². The van der Waals surface area contributed by atoms with Gasteiger partial charge in [-0.05, 0) is 19.1 Å². The maximum absolute atomic E-state index is 4.74. The van der Waals surface area contributed by atoms with E-state index in [0.717, 1.165) is 48.1 Å². The molecule has 0 saturated carbocycles. The van der Waals surface area contributed by atoms with Crippen molar-refractivity contribution in [2.75, 3.05) is 35.6 Å². The molecule has 1 aliphatic rings.